The molecule has 0 radical (unpaired) electrons. The second-order valence-corrected chi connectivity index (χ2v) is 5.31. The summed E-state index contributed by atoms with van der Waals surface area (Å²) in [5, 5.41) is 20.0. The van der Waals surface area contributed by atoms with E-state index >= 15 is 0 Å². The van der Waals surface area contributed by atoms with Crippen LogP contribution in [0.3, 0.4) is 0 Å². The highest BCUT2D eigenvalue weighted by atomic mass is 16.4. The molecule has 9 nitrogen and oxygen atoms in total. The largest absolute Gasteiger partial charge is 0.480 e. The SMILES string of the molecule is NCCC[C@H](N)C(=O)N1CCC[C@@H]1C(=O)N[C@@H](CO)C(=O)O. The number of carboxylic acids is 1. The Bertz CT molecular complexity index is 417. The van der Waals surface area contributed by atoms with Crippen LogP contribution in [-0.4, -0.2) is 70.7 Å². The predicted octanol–water partition coefficient (Wildman–Crippen LogP) is -2.39. The molecule has 2 amide bonds. The van der Waals surface area contributed by atoms with Gasteiger partial charge < -0.3 is 31.9 Å². The molecule has 22 heavy (non-hydrogen) atoms. The average molecular weight is 316 g/mol. The Hall–Kier alpha value is -1.71. The lowest BCUT2D eigenvalue weighted by molar-refractivity contribution is -0.145. The van der Waals surface area contributed by atoms with Gasteiger partial charge in [0.05, 0.1) is 12.6 Å². The third kappa shape index (κ3) is 4.65. The Kier molecular flexibility index (Phi) is 7.22. The highest BCUT2D eigenvalue weighted by Crippen LogP contribution is 2.19. The first kappa shape index (κ1) is 18.3. The maximum absolute atomic E-state index is 12.3. The zero-order valence-electron chi connectivity index (χ0n) is 12.4. The second-order valence-electron chi connectivity index (χ2n) is 5.31. The Labute approximate surface area is 128 Å². The molecule has 126 valence electrons. The minimum Gasteiger partial charge on any atom is -0.480 e. The quantitative estimate of drug-likeness (QED) is 0.334. The fraction of sp³-hybridized carbons (Fsp3) is 0.769. The topological polar surface area (TPSA) is 159 Å². The van der Waals surface area contributed by atoms with Gasteiger partial charge in [-0.3, -0.25) is 9.59 Å². The summed E-state index contributed by atoms with van der Waals surface area (Å²) in [6.07, 6.45) is 2.14. The van der Waals surface area contributed by atoms with Crippen LogP contribution in [0.4, 0.5) is 0 Å². The average Bonchev–Trinajstić information content (AvgIpc) is 2.98. The Balaban J connectivity index is 2.67. The lowest BCUT2D eigenvalue weighted by atomic mass is 10.1. The fourth-order valence-corrected chi connectivity index (χ4v) is 2.43. The van der Waals surface area contributed by atoms with E-state index in [1.807, 2.05) is 0 Å². The van der Waals surface area contributed by atoms with Gasteiger partial charge in [0.25, 0.3) is 0 Å². The number of nitrogens with two attached hydrogens (primary N) is 2. The Morgan fingerprint density at radius 2 is 2.05 bits per heavy atom. The van der Waals surface area contributed by atoms with E-state index in [1.54, 1.807) is 0 Å². The molecule has 3 atom stereocenters. The summed E-state index contributed by atoms with van der Waals surface area (Å²) in [7, 11) is 0. The highest BCUT2D eigenvalue weighted by molar-refractivity contribution is 5.92. The molecule has 0 saturated carbocycles. The number of hydrogen-bond acceptors (Lipinski definition) is 6. The van der Waals surface area contributed by atoms with E-state index in [9.17, 15) is 14.4 Å². The van der Waals surface area contributed by atoms with Crippen LogP contribution in [0.15, 0.2) is 0 Å². The lowest BCUT2D eigenvalue weighted by Crippen LogP contribution is -2.54. The molecule has 7 N–H and O–H groups in total. The molecule has 1 aliphatic heterocycles. The molecule has 0 aromatic rings. The minimum atomic E-state index is -1.38. The van der Waals surface area contributed by atoms with Crippen molar-refractivity contribution < 1.29 is 24.6 Å². The first-order valence-electron chi connectivity index (χ1n) is 7.32. The maximum atomic E-state index is 12.3. The number of aliphatic hydroxyl groups excluding tert-OH is 1. The van der Waals surface area contributed by atoms with Crippen molar-refractivity contribution in [3.63, 3.8) is 0 Å². The molecular formula is C13H24N4O5. The number of nitrogens with zero attached hydrogens (tertiary/aromatic N) is 1. The van der Waals surface area contributed by atoms with Gasteiger partial charge in [0.1, 0.15) is 12.1 Å². The molecule has 0 bridgehead atoms. The number of aliphatic carboxylic acids is 1. The van der Waals surface area contributed by atoms with Crippen LogP contribution in [0.1, 0.15) is 25.7 Å². The van der Waals surface area contributed by atoms with Crippen molar-refractivity contribution in [3.8, 4) is 0 Å². The number of nitrogens with one attached hydrogen (secondary N) is 1. The van der Waals surface area contributed by atoms with Crippen molar-refractivity contribution in [1.82, 2.24) is 10.2 Å². The van der Waals surface area contributed by atoms with E-state index in [0.29, 0.717) is 38.8 Å². The van der Waals surface area contributed by atoms with Gasteiger partial charge in [-0.05, 0) is 32.2 Å². The first-order chi connectivity index (χ1) is 10.4. The van der Waals surface area contributed by atoms with Crippen molar-refractivity contribution in [3.05, 3.63) is 0 Å². The van der Waals surface area contributed by atoms with Gasteiger partial charge in [0.2, 0.25) is 11.8 Å². The van der Waals surface area contributed by atoms with Crippen molar-refractivity contribution in [2.75, 3.05) is 19.7 Å². The molecule has 1 rings (SSSR count). The molecule has 1 aliphatic rings. The van der Waals surface area contributed by atoms with Gasteiger partial charge in [-0.2, -0.15) is 0 Å². The van der Waals surface area contributed by atoms with Crippen LogP contribution < -0.4 is 16.8 Å². The van der Waals surface area contributed by atoms with Crippen LogP contribution in [0.5, 0.6) is 0 Å². The molecule has 0 aromatic carbocycles. The van der Waals surface area contributed by atoms with Gasteiger partial charge >= 0.3 is 5.97 Å². The lowest BCUT2D eigenvalue weighted by Gasteiger charge is -2.27. The predicted molar refractivity (Wildman–Crippen MR) is 77.7 cm³/mol. The summed E-state index contributed by atoms with van der Waals surface area (Å²) in [6, 6.07) is -2.84. The summed E-state index contributed by atoms with van der Waals surface area (Å²) in [4.78, 5) is 36.6. The van der Waals surface area contributed by atoms with Crippen LogP contribution in [0.25, 0.3) is 0 Å². The minimum absolute atomic E-state index is 0.332. The number of carbonyl (C=O) groups is 3. The van der Waals surface area contributed by atoms with E-state index in [2.05, 4.69) is 5.32 Å². The van der Waals surface area contributed by atoms with E-state index in [0.717, 1.165) is 0 Å². The van der Waals surface area contributed by atoms with Gasteiger partial charge in [-0.25, -0.2) is 4.79 Å². The number of likely N-dealkylation sites (tertiary alicyclic amines) is 1. The van der Waals surface area contributed by atoms with Gasteiger partial charge in [-0.1, -0.05) is 0 Å². The summed E-state index contributed by atoms with van der Waals surface area (Å²) < 4.78 is 0. The zero-order valence-corrected chi connectivity index (χ0v) is 12.4. The molecule has 9 heteroatoms. The summed E-state index contributed by atoms with van der Waals surface area (Å²) in [5.74, 6) is -2.24. The molecule has 1 fully saturated rings. The molecule has 1 heterocycles. The third-order valence-electron chi connectivity index (χ3n) is 3.67. The number of hydrogen-bond donors (Lipinski definition) is 5. The molecule has 0 unspecified atom stereocenters. The number of aliphatic hydroxyl groups is 1. The number of rotatable bonds is 8. The van der Waals surface area contributed by atoms with E-state index in [1.165, 1.54) is 4.90 Å². The van der Waals surface area contributed by atoms with Gasteiger partial charge in [0.15, 0.2) is 0 Å². The third-order valence-corrected chi connectivity index (χ3v) is 3.67. The van der Waals surface area contributed by atoms with Gasteiger partial charge in [-0.15, -0.1) is 0 Å². The fourth-order valence-electron chi connectivity index (χ4n) is 2.43. The summed E-state index contributed by atoms with van der Waals surface area (Å²) in [6.45, 7) is 0.129. The van der Waals surface area contributed by atoms with Crippen LogP contribution >= 0.6 is 0 Å². The number of amides is 2. The van der Waals surface area contributed by atoms with E-state index in [-0.39, 0.29) is 5.91 Å². The van der Waals surface area contributed by atoms with Crippen LogP contribution in [0, 0.1) is 0 Å². The monoisotopic (exact) mass is 316 g/mol. The van der Waals surface area contributed by atoms with Gasteiger partial charge in [0, 0.05) is 6.54 Å². The van der Waals surface area contributed by atoms with Crippen LogP contribution in [-0.2, 0) is 14.4 Å². The molecule has 0 aromatic heterocycles. The molecule has 0 aliphatic carbocycles. The maximum Gasteiger partial charge on any atom is 0.328 e. The Morgan fingerprint density at radius 1 is 1.36 bits per heavy atom. The van der Waals surface area contributed by atoms with E-state index in [4.69, 9.17) is 21.7 Å². The molecule has 1 saturated heterocycles. The van der Waals surface area contributed by atoms with Crippen molar-refractivity contribution >= 4 is 17.8 Å². The second kappa shape index (κ2) is 8.66. The van der Waals surface area contributed by atoms with Crippen molar-refractivity contribution in [2.24, 2.45) is 11.5 Å². The van der Waals surface area contributed by atoms with E-state index < -0.39 is 36.6 Å². The summed E-state index contributed by atoms with van der Waals surface area (Å²) >= 11 is 0. The number of carbonyl (C=O) groups excluding carboxylic acids is 2. The van der Waals surface area contributed by atoms with Crippen molar-refractivity contribution in [1.29, 1.82) is 0 Å². The molecule has 0 spiro atoms. The normalized spacial score (nSPS) is 20.5. The Morgan fingerprint density at radius 3 is 2.59 bits per heavy atom. The number of carboxylic acid groups (broad SMARTS) is 1. The molecular weight excluding hydrogens is 292 g/mol. The van der Waals surface area contributed by atoms with Crippen LogP contribution in [0.2, 0.25) is 0 Å². The highest BCUT2D eigenvalue weighted by Gasteiger charge is 2.37. The first-order valence-corrected chi connectivity index (χ1v) is 7.32. The standard InChI is InChI=1S/C13H24N4O5/c14-5-1-3-8(15)12(20)17-6-2-4-10(17)11(19)16-9(7-18)13(21)22/h8-10,18H,1-7,14-15H2,(H,16,19)(H,21,22)/t8-,9-,10+/m0/s1. The van der Waals surface area contributed by atoms with Crippen molar-refractivity contribution in [2.45, 2.75) is 43.8 Å². The smallest absolute Gasteiger partial charge is 0.328 e. The zero-order chi connectivity index (χ0) is 16.7. The summed E-state index contributed by atoms with van der Waals surface area (Å²) in [5.41, 5.74) is 11.2.